The molecule has 2 N–H and O–H groups in total. The molecule has 0 saturated carbocycles. The van der Waals surface area contributed by atoms with E-state index < -0.39 is 6.10 Å². The molecule has 0 unspecified atom stereocenters. The van der Waals surface area contributed by atoms with E-state index in [1.165, 1.54) is 5.56 Å². The number of benzene rings is 2. The van der Waals surface area contributed by atoms with Gasteiger partial charge in [-0.1, -0.05) is 48.0 Å². The summed E-state index contributed by atoms with van der Waals surface area (Å²) in [6.45, 7) is 4.64. The molecule has 3 rings (SSSR count). The summed E-state index contributed by atoms with van der Waals surface area (Å²) in [6.07, 6.45) is 3.19. The van der Waals surface area contributed by atoms with Crippen molar-refractivity contribution in [2.24, 2.45) is 0 Å². The highest BCUT2D eigenvalue weighted by Gasteiger charge is 2.14. The Bertz CT molecular complexity index is 766. The highest BCUT2D eigenvalue weighted by atomic mass is 16.3. The molecule has 3 aromatic rings. The van der Waals surface area contributed by atoms with Gasteiger partial charge in [-0.2, -0.15) is 5.10 Å². The number of rotatable bonds is 6. The molecule has 0 saturated heterocycles. The third-order valence-corrected chi connectivity index (χ3v) is 4.23. The molecule has 2 atom stereocenters. The Morgan fingerprint density at radius 2 is 1.83 bits per heavy atom. The lowest BCUT2D eigenvalue weighted by Gasteiger charge is -2.20. The molecule has 124 valence electrons. The normalized spacial score (nSPS) is 13.6. The van der Waals surface area contributed by atoms with Gasteiger partial charge in [0.2, 0.25) is 0 Å². The summed E-state index contributed by atoms with van der Waals surface area (Å²) in [6, 6.07) is 18.2. The monoisotopic (exact) mass is 321 g/mol. The van der Waals surface area contributed by atoms with E-state index in [0.29, 0.717) is 6.54 Å². The highest BCUT2D eigenvalue weighted by Crippen LogP contribution is 2.22. The third kappa shape index (κ3) is 3.72. The summed E-state index contributed by atoms with van der Waals surface area (Å²) in [5.41, 5.74) is 4.32. The van der Waals surface area contributed by atoms with Crippen LogP contribution in [0.5, 0.6) is 0 Å². The molecule has 4 heteroatoms. The van der Waals surface area contributed by atoms with Crippen molar-refractivity contribution in [2.75, 3.05) is 6.54 Å². The van der Waals surface area contributed by atoms with Crippen LogP contribution in [0, 0.1) is 6.92 Å². The minimum Gasteiger partial charge on any atom is -0.387 e. The molecule has 1 aromatic heterocycles. The quantitative estimate of drug-likeness (QED) is 0.730. The van der Waals surface area contributed by atoms with Crippen LogP contribution in [0.1, 0.15) is 35.8 Å². The van der Waals surface area contributed by atoms with Crippen molar-refractivity contribution in [3.63, 3.8) is 0 Å². The molecule has 0 amide bonds. The van der Waals surface area contributed by atoms with Crippen molar-refractivity contribution in [1.29, 1.82) is 0 Å². The number of aryl methyl sites for hydroxylation is 1. The van der Waals surface area contributed by atoms with Crippen LogP contribution in [0.15, 0.2) is 67.0 Å². The fourth-order valence-electron chi connectivity index (χ4n) is 2.78. The van der Waals surface area contributed by atoms with Crippen LogP contribution in [0.2, 0.25) is 0 Å². The lowest BCUT2D eigenvalue weighted by atomic mass is 10.0. The number of nitrogens with one attached hydrogen (secondary N) is 1. The number of nitrogens with zero attached hydrogens (tertiary/aromatic N) is 2. The second kappa shape index (κ2) is 7.43. The lowest BCUT2D eigenvalue weighted by molar-refractivity contribution is 0.171. The molecule has 0 aliphatic rings. The molecule has 0 fully saturated rings. The molecular formula is C20H23N3O. The molecule has 0 bridgehead atoms. The minimum absolute atomic E-state index is 0.102. The number of para-hydroxylation sites is 1. The van der Waals surface area contributed by atoms with Crippen LogP contribution in [-0.2, 0) is 0 Å². The Hall–Kier alpha value is -2.43. The number of hydrogen-bond donors (Lipinski definition) is 2. The second-order valence-electron chi connectivity index (χ2n) is 6.07. The van der Waals surface area contributed by atoms with E-state index in [0.717, 1.165) is 16.8 Å². The van der Waals surface area contributed by atoms with E-state index in [4.69, 9.17) is 0 Å². The maximum absolute atomic E-state index is 10.4. The van der Waals surface area contributed by atoms with Gasteiger partial charge in [-0.3, -0.25) is 0 Å². The molecule has 0 aliphatic carbocycles. The van der Waals surface area contributed by atoms with Crippen LogP contribution in [0.25, 0.3) is 5.69 Å². The first-order valence-corrected chi connectivity index (χ1v) is 8.22. The van der Waals surface area contributed by atoms with E-state index in [1.54, 1.807) is 6.20 Å². The van der Waals surface area contributed by atoms with Gasteiger partial charge >= 0.3 is 0 Å². The summed E-state index contributed by atoms with van der Waals surface area (Å²) >= 11 is 0. The summed E-state index contributed by atoms with van der Waals surface area (Å²) in [7, 11) is 0. The molecule has 0 radical (unpaired) electrons. The Labute approximate surface area is 142 Å². The topological polar surface area (TPSA) is 50.1 Å². The van der Waals surface area contributed by atoms with E-state index in [9.17, 15) is 5.11 Å². The van der Waals surface area contributed by atoms with Crippen molar-refractivity contribution in [2.45, 2.75) is 26.0 Å². The van der Waals surface area contributed by atoms with E-state index >= 15 is 0 Å². The largest absolute Gasteiger partial charge is 0.387 e. The van der Waals surface area contributed by atoms with Crippen LogP contribution < -0.4 is 5.32 Å². The highest BCUT2D eigenvalue weighted by molar-refractivity contribution is 5.42. The van der Waals surface area contributed by atoms with Gasteiger partial charge in [0, 0.05) is 25.0 Å². The molecule has 2 aromatic carbocycles. The Balaban J connectivity index is 1.69. The van der Waals surface area contributed by atoms with E-state index in [-0.39, 0.29) is 6.04 Å². The maximum Gasteiger partial charge on any atom is 0.0914 e. The van der Waals surface area contributed by atoms with Crippen LogP contribution >= 0.6 is 0 Å². The van der Waals surface area contributed by atoms with Gasteiger partial charge in [0.05, 0.1) is 11.8 Å². The number of aliphatic hydroxyl groups is 1. The van der Waals surface area contributed by atoms with Gasteiger partial charge in [0.25, 0.3) is 0 Å². The van der Waals surface area contributed by atoms with E-state index in [2.05, 4.69) is 29.5 Å². The number of hydrogen-bond acceptors (Lipinski definition) is 3. The molecule has 4 nitrogen and oxygen atoms in total. The fourth-order valence-corrected chi connectivity index (χ4v) is 2.78. The van der Waals surface area contributed by atoms with Crippen LogP contribution in [-0.4, -0.2) is 21.4 Å². The van der Waals surface area contributed by atoms with Gasteiger partial charge in [0.15, 0.2) is 0 Å². The Morgan fingerprint density at radius 3 is 2.54 bits per heavy atom. The third-order valence-electron chi connectivity index (χ3n) is 4.23. The predicted octanol–water partition coefficient (Wildman–Crippen LogP) is 3.56. The van der Waals surface area contributed by atoms with Gasteiger partial charge in [0.1, 0.15) is 0 Å². The first kappa shape index (κ1) is 16.4. The zero-order valence-electron chi connectivity index (χ0n) is 14.1. The average Bonchev–Trinajstić information content (AvgIpc) is 3.14. The first-order valence-electron chi connectivity index (χ1n) is 8.22. The van der Waals surface area contributed by atoms with Gasteiger partial charge < -0.3 is 10.4 Å². The number of aromatic nitrogens is 2. The zero-order valence-corrected chi connectivity index (χ0v) is 14.1. The Morgan fingerprint density at radius 1 is 1.08 bits per heavy atom. The number of aliphatic hydroxyl groups excluding tert-OH is 1. The van der Waals surface area contributed by atoms with Crippen molar-refractivity contribution >= 4 is 0 Å². The van der Waals surface area contributed by atoms with Crippen LogP contribution in [0.3, 0.4) is 0 Å². The maximum atomic E-state index is 10.4. The molecule has 1 heterocycles. The van der Waals surface area contributed by atoms with Crippen LogP contribution in [0.4, 0.5) is 0 Å². The van der Waals surface area contributed by atoms with Gasteiger partial charge in [-0.15, -0.1) is 0 Å². The van der Waals surface area contributed by atoms with Crippen molar-refractivity contribution in [3.8, 4) is 5.69 Å². The molecule has 0 aliphatic heterocycles. The Kier molecular flexibility index (Phi) is 5.08. The minimum atomic E-state index is -0.523. The fraction of sp³-hybridized carbons (Fsp3) is 0.250. The summed E-state index contributed by atoms with van der Waals surface area (Å²) < 4.78 is 1.86. The van der Waals surface area contributed by atoms with Crippen molar-refractivity contribution in [1.82, 2.24) is 15.1 Å². The van der Waals surface area contributed by atoms with E-state index in [1.807, 2.05) is 60.3 Å². The standard InChI is InChI=1S/C20H23N3O/c1-15-8-10-17(11-9-15)20(24)14-21-16(2)18-6-3-4-7-19(18)23-13-5-12-22-23/h3-13,16,20-21,24H,14H2,1-2H3/t16-,20-/m1/s1. The van der Waals surface area contributed by atoms with Gasteiger partial charge in [-0.05, 0) is 37.1 Å². The first-order chi connectivity index (χ1) is 11.6. The SMILES string of the molecule is Cc1ccc([C@H](O)CN[C@H](C)c2ccccc2-n2cccn2)cc1. The van der Waals surface area contributed by atoms with Crippen molar-refractivity contribution < 1.29 is 5.11 Å². The predicted molar refractivity (Wildman–Crippen MR) is 96.1 cm³/mol. The zero-order chi connectivity index (χ0) is 16.9. The smallest absolute Gasteiger partial charge is 0.0914 e. The van der Waals surface area contributed by atoms with Gasteiger partial charge in [-0.25, -0.2) is 4.68 Å². The average molecular weight is 321 g/mol. The summed E-state index contributed by atoms with van der Waals surface area (Å²) in [4.78, 5) is 0. The molecule has 0 spiro atoms. The lowest BCUT2D eigenvalue weighted by Crippen LogP contribution is -2.25. The summed E-state index contributed by atoms with van der Waals surface area (Å²) in [5.74, 6) is 0. The molecular weight excluding hydrogens is 298 g/mol. The van der Waals surface area contributed by atoms with Crippen molar-refractivity contribution in [3.05, 3.63) is 83.7 Å². The second-order valence-corrected chi connectivity index (χ2v) is 6.07. The summed E-state index contributed by atoms with van der Waals surface area (Å²) in [5, 5.41) is 18.1. The molecule has 24 heavy (non-hydrogen) atoms.